The Kier molecular flexibility index (Phi) is 1.67. The topological polar surface area (TPSA) is 69.1 Å². The van der Waals surface area contributed by atoms with E-state index in [4.69, 9.17) is 13.6 Å². The molecule has 0 bridgehead atoms. The summed E-state index contributed by atoms with van der Waals surface area (Å²) in [7, 11) is 5.55. The zero-order valence-corrected chi connectivity index (χ0v) is 8.06. The average Bonchev–Trinajstić information content (AvgIpc) is 2.29. The zero-order chi connectivity index (χ0) is 8.72. The van der Waals surface area contributed by atoms with Crippen LogP contribution in [-0.4, -0.2) is 27.4 Å². The molecule has 0 aromatic carbocycles. The van der Waals surface area contributed by atoms with E-state index in [1.54, 1.807) is 0 Å². The fourth-order valence-electron chi connectivity index (χ4n) is 0.935. The molecule has 0 aliphatic carbocycles. The molecular weight excluding hydrogens is 268 g/mol. The van der Waals surface area contributed by atoms with Gasteiger partial charge < -0.3 is 5.73 Å². The zero-order valence-electron chi connectivity index (χ0n) is 5.90. The van der Waals surface area contributed by atoms with Crippen LogP contribution in [0, 0.1) is 3.70 Å². The molecular formula is C5H3BIN5. The maximum atomic E-state index is 5.60. The van der Waals surface area contributed by atoms with Gasteiger partial charge in [-0.2, -0.15) is 5.10 Å². The number of rotatable bonds is 0. The van der Waals surface area contributed by atoms with Gasteiger partial charge in [0.25, 0.3) is 0 Å². The number of hydrogen-bond acceptors (Lipinski definition) is 4. The number of aromatic nitrogens is 4. The Hall–Kier alpha value is -0.855. The Morgan fingerprint density at radius 3 is 3.00 bits per heavy atom. The maximum absolute atomic E-state index is 5.60. The Morgan fingerprint density at radius 2 is 2.33 bits per heavy atom. The molecule has 0 aliphatic heterocycles. The van der Waals surface area contributed by atoms with Gasteiger partial charge in [0, 0.05) is 0 Å². The fraction of sp³-hybridized carbons (Fsp3) is 0. The second kappa shape index (κ2) is 2.58. The first-order valence-electron chi connectivity index (χ1n) is 3.10. The van der Waals surface area contributed by atoms with Gasteiger partial charge in [-0.15, -0.1) is 0 Å². The molecule has 5 nitrogen and oxygen atoms in total. The molecule has 7 heteroatoms. The predicted molar refractivity (Wildman–Crippen MR) is 53.3 cm³/mol. The Balaban J connectivity index is 2.99. The van der Waals surface area contributed by atoms with Gasteiger partial charge in [0.2, 0.25) is 0 Å². The summed E-state index contributed by atoms with van der Waals surface area (Å²) in [6.07, 6.45) is 1.34. The second-order valence-corrected chi connectivity index (χ2v) is 3.19. The molecule has 2 aromatic rings. The number of hydrogen-bond donors (Lipinski definition) is 1. The molecule has 2 heterocycles. The molecule has 12 heavy (non-hydrogen) atoms. The highest BCUT2D eigenvalue weighted by Crippen LogP contribution is 2.13. The number of anilines is 1. The summed E-state index contributed by atoms with van der Waals surface area (Å²) in [5.74, 6) is 0.388. The van der Waals surface area contributed by atoms with E-state index >= 15 is 0 Å². The first kappa shape index (κ1) is 7.78. The van der Waals surface area contributed by atoms with Crippen LogP contribution in [0.15, 0.2) is 6.33 Å². The number of nitrogens with zero attached hydrogens (tertiary/aromatic N) is 4. The van der Waals surface area contributed by atoms with Crippen molar-refractivity contribution in [3.05, 3.63) is 10.0 Å². The number of halogens is 1. The van der Waals surface area contributed by atoms with Crippen molar-refractivity contribution in [2.45, 2.75) is 0 Å². The summed E-state index contributed by atoms with van der Waals surface area (Å²) >= 11 is 2.03. The van der Waals surface area contributed by atoms with Crippen molar-refractivity contribution in [1.29, 1.82) is 0 Å². The number of nitrogen functional groups attached to an aromatic ring is 1. The molecule has 2 radical (unpaired) electrons. The molecule has 2 aromatic heterocycles. The molecule has 0 unspecified atom stereocenters. The van der Waals surface area contributed by atoms with Crippen molar-refractivity contribution in [3.63, 3.8) is 0 Å². The van der Waals surface area contributed by atoms with E-state index < -0.39 is 0 Å². The van der Waals surface area contributed by atoms with Gasteiger partial charge in [-0.25, -0.2) is 14.5 Å². The van der Waals surface area contributed by atoms with Gasteiger partial charge in [-0.3, -0.25) is 0 Å². The quantitative estimate of drug-likeness (QED) is 0.498. The van der Waals surface area contributed by atoms with Gasteiger partial charge in [-0.1, -0.05) is 0 Å². The average molecular weight is 271 g/mol. The van der Waals surface area contributed by atoms with E-state index in [2.05, 4.69) is 15.1 Å². The first-order chi connectivity index (χ1) is 5.70. The van der Waals surface area contributed by atoms with E-state index in [0.29, 0.717) is 20.8 Å². The summed E-state index contributed by atoms with van der Waals surface area (Å²) < 4.78 is 2.17. The third-order valence-corrected chi connectivity index (χ3v) is 2.20. The lowest BCUT2D eigenvalue weighted by atomic mass is 10.1. The van der Waals surface area contributed by atoms with Crippen LogP contribution >= 0.6 is 22.6 Å². The molecule has 0 spiro atoms. The van der Waals surface area contributed by atoms with Crippen LogP contribution in [0.25, 0.3) is 5.52 Å². The van der Waals surface area contributed by atoms with Crippen LogP contribution in [-0.2, 0) is 0 Å². The number of imidazole rings is 1. The van der Waals surface area contributed by atoms with Crippen LogP contribution < -0.4 is 11.5 Å². The predicted octanol–water partition coefficient (Wildman–Crippen LogP) is -0.895. The van der Waals surface area contributed by atoms with Gasteiger partial charge in [-0.05, 0) is 22.6 Å². The van der Waals surface area contributed by atoms with Gasteiger partial charge in [0.05, 0.1) is 5.72 Å². The van der Waals surface area contributed by atoms with Gasteiger partial charge in [0.1, 0.15) is 15.5 Å². The summed E-state index contributed by atoms with van der Waals surface area (Å²) in [6.45, 7) is 0. The highest BCUT2D eigenvalue weighted by Gasteiger charge is 2.08. The molecule has 0 aliphatic rings. The van der Waals surface area contributed by atoms with Crippen LogP contribution in [0.2, 0.25) is 0 Å². The standard InChI is InChI=1S/C5H3BIN5/c6-5-11-3(7)2-4(8)9-1-10-12(2)5/h1H,(H2,8,9,10). The summed E-state index contributed by atoms with van der Waals surface area (Å²) in [6, 6.07) is 0. The van der Waals surface area contributed by atoms with Crippen molar-refractivity contribution in [2.75, 3.05) is 5.73 Å². The van der Waals surface area contributed by atoms with Crippen molar-refractivity contribution in [2.24, 2.45) is 0 Å². The van der Waals surface area contributed by atoms with E-state index in [-0.39, 0.29) is 0 Å². The molecule has 0 fully saturated rings. The minimum atomic E-state index is 0.323. The molecule has 0 amide bonds. The third kappa shape index (κ3) is 0.960. The second-order valence-electron chi connectivity index (χ2n) is 2.17. The third-order valence-electron chi connectivity index (χ3n) is 1.44. The van der Waals surface area contributed by atoms with Crippen molar-refractivity contribution < 1.29 is 0 Å². The van der Waals surface area contributed by atoms with Crippen LogP contribution in [0.5, 0.6) is 0 Å². The highest BCUT2D eigenvalue weighted by molar-refractivity contribution is 14.1. The van der Waals surface area contributed by atoms with Gasteiger partial charge >= 0.3 is 0 Å². The highest BCUT2D eigenvalue weighted by atomic mass is 127. The fourth-order valence-corrected chi connectivity index (χ4v) is 1.69. The van der Waals surface area contributed by atoms with Crippen molar-refractivity contribution >= 4 is 47.5 Å². The van der Waals surface area contributed by atoms with Gasteiger partial charge in [0.15, 0.2) is 13.7 Å². The number of fused-ring (bicyclic) bond motifs is 1. The normalized spacial score (nSPS) is 10.8. The molecule has 2 rings (SSSR count). The Labute approximate surface area is 82.9 Å². The van der Waals surface area contributed by atoms with Crippen LogP contribution in [0.1, 0.15) is 0 Å². The lowest BCUT2D eigenvalue weighted by Crippen LogP contribution is -2.15. The minimum absolute atomic E-state index is 0.323. The first-order valence-corrected chi connectivity index (χ1v) is 4.18. The maximum Gasteiger partial charge on any atom is 0.170 e. The molecule has 0 atom stereocenters. The summed E-state index contributed by atoms with van der Waals surface area (Å²) in [4.78, 5) is 7.82. The Bertz CT molecular complexity index is 439. The van der Waals surface area contributed by atoms with E-state index in [1.165, 1.54) is 10.8 Å². The van der Waals surface area contributed by atoms with Crippen molar-refractivity contribution in [3.8, 4) is 0 Å². The summed E-state index contributed by atoms with van der Waals surface area (Å²) in [5, 5.41) is 3.90. The summed E-state index contributed by atoms with van der Waals surface area (Å²) in [5.41, 5.74) is 6.58. The largest absolute Gasteiger partial charge is 0.382 e. The molecule has 0 saturated carbocycles. The lowest BCUT2D eigenvalue weighted by Gasteiger charge is -1.96. The minimum Gasteiger partial charge on any atom is -0.382 e. The van der Waals surface area contributed by atoms with Crippen LogP contribution in [0.4, 0.5) is 5.82 Å². The number of nitrogens with two attached hydrogens (primary N) is 1. The lowest BCUT2D eigenvalue weighted by molar-refractivity contribution is 0.922. The monoisotopic (exact) mass is 271 g/mol. The smallest absolute Gasteiger partial charge is 0.170 e. The van der Waals surface area contributed by atoms with E-state index in [0.717, 1.165) is 0 Å². The van der Waals surface area contributed by atoms with Crippen LogP contribution in [0.3, 0.4) is 0 Å². The Morgan fingerprint density at radius 1 is 1.58 bits per heavy atom. The van der Waals surface area contributed by atoms with Crippen molar-refractivity contribution in [1.82, 2.24) is 19.6 Å². The molecule has 0 saturated heterocycles. The SMILES string of the molecule is [B]c1nc(I)c2c(N)ncnn12. The van der Waals surface area contributed by atoms with E-state index in [1.807, 2.05) is 22.6 Å². The van der Waals surface area contributed by atoms with E-state index in [9.17, 15) is 0 Å². The molecule has 2 N–H and O–H groups in total. The molecule has 58 valence electrons.